The molecule has 144 valence electrons. The van der Waals surface area contributed by atoms with Gasteiger partial charge in [0.25, 0.3) is 0 Å². The Labute approximate surface area is 159 Å². The average molecular weight is 390 g/mol. The summed E-state index contributed by atoms with van der Waals surface area (Å²) in [4.78, 5) is 14.1. The smallest absolute Gasteiger partial charge is 0.243 e. The molecule has 3 rings (SSSR count). The van der Waals surface area contributed by atoms with E-state index >= 15 is 0 Å². The molecule has 0 atom stereocenters. The number of benzene rings is 2. The maximum absolute atomic E-state index is 12.6. The van der Waals surface area contributed by atoms with E-state index in [1.165, 1.54) is 11.9 Å². The summed E-state index contributed by atoms with van der Waals surface area (Å²) in [5.74, 6) is 1.02. The molecule has 0 fully saturated rings. The number of likely N-dealkylation sites (N-methyl/N-ethyl adjacent to an activating group) is 2. The summed E-state index contributed by atoms with van der Waals surface area (Å²) >= 11 is 0. The molecule has 0 aliphatic carbocycles. The predicted molar refractivity (Wildman–Crippen MR) is 100 cm³/mol. The van der Waals surface area contributed by atoms with Crippen LogP contribution >= 0.6 is 0 Å². The highest BCUT2D eigenvalue weighted by Gasteiger charge is 2.24. The fraction of sp³-hybridized carbons (Fsp3) is 0.316. The predicted octanol–water partition coefficient (Wildman–Crippen LogP) is 2.00. The number of hydrogen-bond acceptors (Lipinski definition) is 5. The van der Waals surface area contributed by atoms with Crippen LogP contribution in [0.1, 0.15) is 11.1 Å². The molecule has 0 saturated heterocycles. The first-order valence-corrected chi connectivity index (χ1v) is 9.87. The van der Waals surface area contributed by atoms with Gasteiger partial charge in [0.15, 0.2) is 11.5 Å². The molecule has 0 radical (unpaired) electrons. The Kier molecular flexibility index (Phi) is 5.38. The number of carbonyl (C=O) groups excluding carboxylic acids is 1. The van der Waals surface area contributed by atoms with Gasteiger partial charge in [-0.1, -0.05) is 23.8 Å². The number of hydrogen-bond donors (Lipinski definition) is 0. The number of nitrogens with zero attached hydrogens (tertiary/aromatic N) is 2. The Balaban J connectivity index is 1.64. The minimum Gasteiger partial charge on any atom is -0.454 e. The van der Waals surface area contributed by atoms with Gasteiger partial charge in [0.05, 0.1) is 11.4 Å². The van der Waals surface area contributed by atoms with Gasteiger partial charge in [0, 0.05) is 20.6 Å². The molecular weight excluding hydrogens is 368 g/mol. The number of ether oxygens (including phenoxy) is 2. The minimum atomic E-state index is -3.72. The molecule has 8 heteroatoms. The highest BCUT2D eigenvalue weighted by molar-refractivity contribution is 7.89. The molecule has 1 heterocycles. The molecule has 0 aromatic heterocycles. The standard InChI is InChI=1S/C19H22N2O5S/c1-14-4-7-16(8-5-14)27(23,24)21(3)12-19(22)20(2)11-15-6-9-17-18(10-15)26-13-25-17/h4-10H,11-13H2,1-3H3. The third kappa shape index (κ3) is 4.23. The highest BCUT2D eigenvalue weighted by atomic mass is 32.2. The SMILES string of the molecule is Cc1ccc(S(=O)(=O)N(C)CC(=O)N(C)Cc2ccc3c(c2)OCO3)cc1. The van der Waals surface area contributed by atoms with E-state index < -0.39 is 10.0 Å². The van der Waals surface area contributed by atoms with Crippen LogP contribution < -0.4 is 9.47 Å². The molecule has 0 unspecified atom stereocenters. The van der Waals surface area contributed by atoms with Crippen LogP contribution in [0.3, 0.4) is 0 Å². The molecule has 7 nitrogen and oxygen atoms in total. The van der Waals surface area contributed by atoms with E-state index in [-0.39, 0.29) is 24.1 Å². The Morgan fingerprint density at radius 1 is 1.04 bits per heavy atom. The summed E-state index contributed by atoms with van der Waals surface area (Å²) < 4.78 is 36.9. The monoisotopic (exact) mass is 390 g/mol. The van der Waals surface area contributed by atoms with Crippen molar-refractivity contribution in [3.8, 4) is 11.5 Å². The summed E-state index contributed by atoms with van der Waals surface area (Å²) in [6.07, 6.45) is 0. The molecule has 2 aromatic carbocycles. The van der Waals surface area contributed by atoms with E-state index in [4.69, 9.17) is 9.47 Å². The first kappa shape index (κ1) is 19.2. The maximum Gasteiger partial charge on any atom is 0.243 e. The van der Waals surface area contributed by atoms with E-state index in [1.54, 1.807) is 37.4 Å². The topological polar surface area (TPSA) is 76.2 Å². The number of rotatable bonds is 6. The lowest BCUT2D eigenvalue weighted by atomic mass is 10.2. The highest BCUT2D eigenvalue weighted by Crippen LogP contribution is 2.32. The number of amides is 1. The van der Waals surface area contributed by atoms with E-state index in [0.717, 1.165) is 15.4 Å². The van der Waals surface area contributed by atoms with Crippen molar-refractivity contribution < 1.29 is 22.7 Å². The van der Waals surface area contributed by atoms with Gasteiger partial charge in [0.2, 0.25) is 22.7 Å². The van der Waals surface area contributed by atoms with Crippen molar-refractivity contribution in [2.75, 3.05) is 27.4 Å². The van der Waals surface area contributed by atoms with E-state index in [9.17, 15) is 13.2 Å². The molecule has 1 aliphatic rings. The number of aryl methyl sites for hydroxylation is 1. The van der Waals surface area contributed by atoms with Crippen LogP contribution in [-0.4, -0.2) is 51.0 Å². The summed E-state index contributed by atoms with van der Waals surface area (Å²) in [6.45, 7) is 2.18. The van der Waals surface area contributed by atoms with Gasteiger partial charge >= 0.3 is 0 Å². The van der Waals surface area contributed by atoms with Crippen LogP contribution in [0.2, 0.25) is 0 Å². The van der Waals surface area contributed by atoms with Crippen molar-refractivity contribution in [2.24, 2.45) is 0 Å². The molecule has 0 bridgehead atoms. The van der Waals surface area contributed by atoms with Gasteiger partial charge in [-0.3, -0.25) is 4.79 Å². The van der Waals surface area contributed by atoms with Crippen LogP contribution in [-0.2, 0) is 21.4 Å². The number of carbonyl (C=O) groups is 1. The largest absolute Gasteiger partial charge is 0.454 e. The average Bonchev–Trinajstić information content (AvgIpc) is 3.09. The van der Waals surface area contributed by atoms with Crippen LogP contribution in [0.5, 0.6) is 11.5 Å². The third-order valence-corrected chi connectivity index (χ3v) is 6.19. The molecule has 2 aromatic rings. The van der Waals surface area contributed by atoms with Gasteiger partial charge in [-0.2, -0.15) is 4.31 Å². The van der Waals surface area contributed by atoms with Crippen LogP contribution in [0.15, 0.2) is 47.4 Å². The Morgan fingerprint density at radius 2 is 1.70 bits per heavy atom. The zero-order chi connectivity index (χ0) is 19.6. The Morgan fingerprint density at radius 3 is 2.41 bits per heavy atom. The fourth-order valence-electron chi connectivity index (χ4n) is 2.69. The van der Waals surface area contributed by atoms with Crippen molar-refractivity contribution in [3.05, 3.63) is 53.6 Å². The lowest BCUT2D eigenvalue weighted by molar-refractivity contribution is -0.130. The zero-order valence-corrected chi connectivity index (χ0v) is 16.3. The van der Waals surface area contributed by atoms with Gasteiger partial charge in [-0.15, -0.1) is 0 Å². The number of sulfonamides is 1. The van der Waals surface area contributed by atoms with E-state index in [0.29, 0.717) is 18.0 Å². The molecule has 27 heavy (non-hydrogen) atoms. The van der Waals surface area contributed by atoms with Gasteiger partial charge in [0.1, 0.15) is 0 Å². The maximum atomic E-state index is 12.6. The van der Waals surface area contributed by atoms with Crippen LogP contribution in [0, 0.1) is 6.92 Å². The van der Waals surface area contributed by atoms with E-state index in [2.05, 4.69) is 0 Å². The van der Waals surface area contributed by atoms with Crippen LogP contribution in [0.4, 0.5) is 0 Å². The van der Waals surface area contributed by atoms with Crippen molar-refractivity contribution in [3.63, 3.8) is 0 Å². The molecule has 0 saturated carbocycles. The quantitative estimate of drug-likeness (QED) is 0.754. The minimum absolute atomic E-state index is 0.168. The third-order valence-electron chi connectivity index (χ3n) is 4.37. The van der Waals surface area contributed by atoms with Gasteiger partial charge in [-0.05, 0) is 36.8 Å². The first-order valence-electron chi connectivity index (χ1n) is 8.43. The molecular formula is C19H22N2O5S. The molecule has 1 amide bonds. The van der Waals surface area contributed by atoms with Crippen molar-refractivity contribution >= 4 is 15.9 Å². The second-order valence-electron chi connectivity index (χ2n) is 6.51. The second kappa shape index (κ2) is 7.58. The van der Waals surface area contributed by atoms with Crippen molar-refractivity contribution in [1.82, 2.24) is 9.21 Å². The van der Waals surface area contributed by atoms with Crippen LogP contribution in [0.25, 0.3) is 0 Å². The van der Waals surface area contributed by atoms with Crippen molar-refractivity contribution in [1.29, 1.82) is 0 Å². The summed E-state index contributed by atoms with van der Waals surface area (Å²) in [6, 6.07) is 12.0. The fourth-order valence-corrected chi connectivity index (χ4v) is 3.81. The van der Waals surface area contributed by atoms with Gasteiger partial charge in [-0.25, -0.2) is 8.42 Å². The molecule has 0 spiro atoms. The lowest BCUT2D eigenvalue weighted by Crippen LogP contribution is -2.39. The molecule has 0 N–H and O–H groups in total. The Hall–Kier alpha value is -2.58. The van der Waals surface area contributed by atoms with Crippen molar-refractivity contribution in [2.45, 2.75) is 18.4 Å². The lowest BCUT2D eigenvalue weighted by Gasteiger charge is -2.22. The number of fused-ring (bicyclic) bond motifs is 1. The van der Waals surface area contributed by atoms with E-state index in [1.807, 2.05) is 19.1 Å². The summed E-state index contributed by atoms with van der Waals surface area (Å²) in [5.41, 5.74) is 1.84. The van der Waals surface area contributed by atoms with Gasteiger partial charge < -0.3 is 14.4 Å². The summed E-state index contributed by atoms with van der Waals surface area (Å²) in [7, 11) is -0.673. The molecule has 1 aliphatic heterocycles. The summed E-state index contributed by atoms with van der Waals surface area (Å²) in [5, 5.41) is 0. The normalized spacial score (nSPS) is 13.0. The zero-order valence-electron chi connectivity index (χ0n) is 15.5. The second-order valence-corrected chi connectivity index (χ2v) is 8.56. The Bertz CT molecular complexity index is 941. The first-order chi connectivity index (χ1) is 12.8.